The molecule has 10 atom stereocenters. The normalized spacial score (nSPS) is 41.4. The maximum Gasteiger partial charge on any atom is 0.315 e. The number of carbonyl (C=O) groups is 1. The molecule has 6 heteroatoms. The quantitative estimate of drug-likeness (QED) is 0.178. The van der Waals surface area contributed by atoms with Crippen molar-refractivity contribution in [3.05, 3.63) is 59.8 Å². The molecular weight excluding hydrogens is 703 g/mol. The molecule has 2 heterocycles. The number of likely N-dealkylation sites (tertiary alicyclic amines) is 1. The van der Waals surface area contributed by atoms with Gasteiger partial charge in [-0.1, -0.05) is 71.4 Å². The maximum absolute atomic E-state index is 13.5. The first-order valence-corrected chi connectivity index (χ1v) is 23.5. The molecule has 8 rings (SSSR count). The van der Waals surface area contributed by atoms with Crippen molar-refractivity contribution in [2.24, 2.45) is 56.7 Å². The van der Waals surface area contributed by atoms with Crippen LogP contribution in [0.25, 0.3) is 0 Å². The Morgan fingerprint density at radius 1 is 0.912 bits per heavy atom. The summed E-state index contributed by atoms with van der Waals surface area (Å²) in [5.74, 6) is 3.91. The second-order valence-electron chi connectivity index (χ2n) is 21.6. The number of aromatic nitrogens is 1. The average Bonchev–Trinajstić information content (AvgIpc) is 3.58. The van der Waals surface area contributed by atoms with Crippen molar-refractivity contribution in [3.63, 3.8) is 0 Å². The number of nitrogens with one attached hydrogen (secondary N) is 1. The second kappa shape index (κ2) is 15.5. The monoisotopic (exact) mass is 780 g/mol. The lowest BCUT2D eigenvalue weighted by Gasteiger charge is -2.72. The summed E-state index contributed by atoms with van der Waals surface area (Å²) in [7, 11) is 0. The minimum Gasteiger partial charge on any atom is -0.476 e. The van der Waals surface area contributed by atoms with Crippen LogP contribution in [0.2, 0.25) is 0 Å². The van der Waals surface area contributed by atoms with Gasteiger partial charge < -0.3 is 19.7 Å². The summed E-state index contributed by atoms with van der Waals surface area (Å²) in [4.78, 5) is 20.6. The van der Waals surface area contributed by atoms with E-state index in [0.29, 0.717) is 54.1 Å². The highest BCUT2D eigenvalue weighted by atomic mass is 16.5. The van der Waals surface area contributed by atoms with E-state index in [2.05, 4.69) is 75.5 Å². The molecule has 1 N–H and O–H groups in total. The van der Waals surface area contributed by atoms with E-state index in [1.165, 1.54) is 108 Å². The van der Waals surface area contributed by atoms with Crippen LogP contribution in [0, 0.1) is 56.7 Å². The van der Waals surface area contributed by atoms with Gasteiger partial charge in [0.15, 0.2) is 0 Å². The van der Waals surface area contributed by atoms with Crippen molar-refractivity contribution in [1.82, 2.24) is 15.2 Å². The van der Waals surface area contributed by atoms with Crippen LogP contribution in [0.3, 0.4) is 0 Å². The van der Waals surface area contributed by atoms with E-state index in [1.54, 1.807) is 11.8 Å². The predicted octanol–water partition coefficient (Wildman–Crippen LogP) is 11.1. The Hall–Kier alpha value is -2.44. The van der Waals surface area contributed by atoms with Crippen LogP contribution in [0.15, 0.2) is 59.8 Å². The number of nitrogens with zero attached hydrogens (tertiary/aromatic N) is 2. The third-order valence-corrected chi connectivity index (χ3v) is 18.8. The van der Waals surface area contributed by atoms with Crippen LogP contribution >= 0.6 is 0 Å². The van der Waals surface area contributed by atoms with Crippen molar-refractivity contribution in [1.29, 1.82) is 0 Å². The highest BCUT2D eigenvalue weighted by molar-refractivity contribution is 5.78. The van der Waals surface area contributed by atoms with Gasteiger partial charge in [0.2, 0.25) is 5.88 Å². The molecule has 0 spiro atoms. The molecule has 6 nitrogen and oxygen atoms in total. The Morgan fingerprint density at radius 3 is 2.42 bits per heavy atom. The molecule has 1 aromatic rings. The number of hydrogen-bond acceptors (Lipinski definition) is 6. The summed E-state index contributed by atoms with van der Waals surface area (Å²) in [5.41, 5.74) is 5.06. The molecule has 1 saturated heterocycles. The van der Waals surface area contributed by atoms with E-state index in [-0.39, 0.29) is 22.3 Å². The van der Waals surface area contributed by atoms with Gasteiger partial charge in [-0.2, -0.15) is 0 Å². The van der Waals surface area contributed by atoms with Crippen molar-refractivity contribution < 1.29 is 14.3 Å². The van der Waals surface area contributed by atoms with Gasteiger partial charge in [-0.15, -0.1) is 0 Å². The first-order chi connectivity index (χ1) is 27.2. The summed E-state index contributed by atoms with van der Waals surface area (Å²) >= 11 is 0. The lowest BCUT2D eigenvalue weighted by Crippen LogP contribution is -2.68. The van der Waals surface area contributed by atoms with Crippen LogP contribution < -0.4 is 10.1 Å². The molecule has 6 aliphatic carbocycles. The zero-order chi connectivity index (χ0) is 40.3. The highest BCUT2D eigenvalue weighted by Gasteiger charge is 2.70. The van der Waals surface area contributed by atoms with E-state index in [4.69, 9.17) is 9.47 Å². The van der Waals surface area contributed by atoms with Gasteiger partial charge in [-0.25, -0.2) is 4.98 Å². The van der Waals surface area contributed by atoms with E-state index >= 15 is 0 Å². The minimum absolute atomic E-state index is 0.0722. The number of ether oxygens (including phenoxy) is 2. The van der Waals surface area contributed by atoms with Gasteiger partial charge in [0.1, 0.15) is 12.0 Å². The van der Waals surface area contributed by atoms with Crippen molar-refractivity contribution >= 4 is 5.97 Å². The Bertz CT molecular complexity index is 1710. The van der Waals surface area contributed by atoms with Crippen LogP contribution in [-0.4, -0.2) is 60.8 Å². The largest absolute Gasteiger partial charge is 0.476 e. The van der Waals surface area contributed by atoms with E-state index in [0.717, 1.165) is 31.2 Å². The third-order valence-electron chi connectivity index (χ3n) is 18.8. The van der Waals surface area contributed by atoms with E-state index in [9.17, 15) is 4.79 Å². The molecule has 0 unspecified atom stereocenters. The molecule has 314 valence electrons. The maximum atomic E-state index is 13.5. The fourth-order valence-corrected chi connectivity index (χ4v) is 15.7. The van der Waals surface area contributed by atoms with Crippen LogP contribution in [0.4, 0.5) is 0 Å². The lowest BCUT2D eigenvalue weighted by atomic mass is 9.33. The Kier molecular flexibility index (Phi) is 11.3. The van der Waals surface area contributed by atoms with Gasteiger partial charge in [0.05, 0.1) is 6.61 Å². The SMILES string of the molecule is C=C(C)[C@@H]1CC[C@]2(NCCN3CCCCC3)CC[C@]3(C)[C@H](CC[C@@H]4[C@@]5(C)CC=C(C6=CC[C@](COc7ccccn7)(C(=O)OCC)CC6)C(C)(C)[C@@H]5CC[C@]43C)[C@@H]12. The van der Waals surface area contributed by atoms with E-state index < -0.39 is 5.41 Å². The smallest absolute Gasteiger partial charge is 0.315 e. The van der Waals surface area contributed by atoms with Crippen molar-refractivity contribution in [2.75, 3.05) is 39.4 Å². The summed E-state index contributed by atoms with van der Waals surface area (Å²) < 4.78 is 11.8. The molecule has 0 aromatic carbocycles. The van der Waals surface area contributed by atoms with Crippen molar-refractivity contribution in [2.45, 2.75) is 150 Å². The third kappa shape index (κ3) is 6.81. The summed E-state index contributed by atoms with van der Waals surface area (Å²) in [6.45, 7) is 27.9. The molecule has 57 heavy (non-hydrogen) atoms. The number of pyridine rings is 1. The Labute approximate surface area is 346 Å². The Morgan fingerprint density at radius 2 is 1.72 bits per heavy atom. The topological polar surface area (TPSA) is 63.7 Å². The predicted molar refractivity (Wildman–Crippen MR) is 232 cm³/mol. The highest BCUT2D eigenvalue weighted by Crippen LogP contribution is 2.76. The summed E-state index contributed by atoms with van der Waals surface area (Å²) in [5, 5.41) is 4.36. The molecular formula is C51H77N3O3. The minimum atomic E-state index is -0.686. The van der Waals surface area contributed by atoms with Gasteiger partial charge in [0, 0.05) is 30.9 Å². The zero-order valence-corrected chi connectivity index (χ0v) is 37.0. The number of fused-ring (bicyclic) bond motifs is 7. The number of allylic oxidation sites excluding steroid dienone is 5. The number of rotatable bonds is 11. The number of hydrogen-bond donors (Lipinski definition) is 1. The van der Waals surface area contributed by atoms with E-state index in [1.807, 2.05) is 25.1 Å². The Balaban J connectivity index is 1.02. The van der Waals surface area contributed by atoms with Gasteiger partial charge >= 0.3 is 5.97 Å². The molecule has 7 aliphatic rings. The van der Waals surface area contributed by atoms with Crippen LogP contribution in [0.5, 0.6) is 5.88 Å². The number of piperidine rings is 1. The molecule has 0 radical (unpaired) electrons. The fourth-order valence-electron chi connectivity index (χ4n) is 15.7. The number of carbonyl (C=O) groups excluding carboxylic acids is 1. The van der Waals surface area contributed by atoms with Crippen molar-refractivity contribution in [3.8, 4) is 5.88 Å². The van der Waals surface area contributed by atoms with Gasteiger partial charge in [0.25, 0.3) is 0 Å². The zero-order valence-electron chi connectivity index (χ0n) is 37.0. The van der Waals surface area contributed by atoms with Crippen LogP contribution in [-0.2, 0) is 9.53 Å². The van der Waals surface area contributed by atoms with Crippen LogP contribution in [0.1, 0.15) is 145 Å². The molecule has 0 amide bonds. The molecule has 1 aliphatic heterocycles. The second-order valence-corrected chi connectivity index (χ2v) is 21.6. The number of esters is 1. The summed E-state index contributed by atoms with van der Waals surface area (Å²) in [6, 6.07) is 5.67. The molecule has 4 saturated carbocycles. The van der Waals surface area contributed by atoms with Gasteiger partial charge in [-0.05, 0) is 185 Å². The lowest BCUT2D eigenvalue weighted by molar-refractivity contribution is -0.221. The standard InChI is InChI=1S/C51H77N3O3/c1-9-56-45(55)50(35-57-43-15-11-12-30-52-43)25-18-37(19-26-50)39-21-23-47(6)41(46(39,4)5)22-24-49(8)42(47)17-16-40-44-38(36(2)3)20-27-51(44,29-28-48(40,49)7)53-31-34-54-32-13-10-14-33-54/h11-12,15,18,21,30,38,40-42,44,53H,2,9-10,13-14,16-17,19-20,22-29,31-35H2,1,3-8H3/t38-,40+,41-,42+,44+,47-,48+,49+,50-,51-/m0/s1. The first-order valence-electron chi connectivity index (χ1n) is 23.5. The average molecular weight is 780 g/mol. The first kappa shape index (κ1) is 41.3. The van der Waals surface area contributed by atoms with Gasteiger partial charge in [-0.3, -0.25) is 4.79 Å². The summed E-state index contributed by atoms with van der Waals surface area (Å²) in [6.07, 6.45) is 25.1. The molecule has 5 fully saturated rings. The molecule has 0 bridgehead atoms. The fraction of sp³-hybridized carbons (Fsp3) is 0.765. The molecule has 1 aromatic heterocycles.